The number of pyridine rings is 2. The van der Waals surface area contributed by atoms with Crippen molar-refractivity contribution in [3.63, 3.8) is 0 Å². The lowest BCUT2D eigenvalue weighted by Crippen LogP contribution is -2.45. The van der Waals surface area contributed by atoms with Crippen LogP contribution < -0.4 is 9.80 Å². The number of piperazine rings is 1. The van der Waals surface area contributed by atoms with Crippen molar-refractivity contribution in [2.75, 3.05) is 49.6 Å². The average molecular weight is 540 g/mol. The largest absolute Gasteiger partial charge is 0.486 e. The summed E-state index contributed by atoms with van der Waals surface area (Å²) in [4.78, 5) is 24.2. The zero-order chi connectivity index (χ0) is 26.8. The molecule has 0 atom stereocenters. The van der Waals surface area contributed by atoms with Gasteiger partial charge in [-0.3, -0.25) is 9.97 Å². The zero-order valence-electron chi connectivity index (χ0n) is 21.5. The Morgan fingerprint density at radius 3 is 2.55 bits per heavy atom. The fraction of sp³-hybridized carbons (Fsp3) is 0.333. The van der Waals surface area contributed by atoms with Gasteiger partial charge in [-0.05, 0) is 38.6 Å². The molecular formula is C27H28ClF2N7O. The Kier molecular flexibility index (Phi) is 7.53. The number of halogens is 3. The van der Waals surface area contributed by atoms with Crippen LogP contribution in [-0.2, 0) is 11.3 Å². The monoisotopic (exact) mass is 539 g/mol. The van der Waals surface area contributed by atoms with Crippen LogP contribution in [0.4, 0.5) is 20.4 Å². The number of aryl methyl sites for hydroxylation is 1. The number of nitrogens with zero attached hydrogens (tertiary/aromatic N) is 7. The van der Waals surface area contributed by atoms with Gasteiger partial charge in [-0.2, -0.15) is 0 Å². The summed E-state index contributed by atoms with van der Waals surface area (Å²) >= 11 is 6.60. The van der Waals surface area contributed by atoms with Gasteiger partial charge in [-0.25, -0.2) is 18.7 Å². The number of anilines is 2. The molecule has 3 aromatic heterocycles. The van der Waals surface area contributed by atoms with E-state index >= 15 is 0 Å². The Bertz CT molecular complexity index is 1410. The first kappa shape index (κ1) is 26.0. The van der Waals surface area contributed by atoms with E-state index in [0.29, 0.717) is 23.3 Å². The molecule has 0 unspecified atom stereocenters. The maximum Gasteiger partial charge on any atom is 0.225 e. The number of ether oxygens (including phenoxy) is 1. The summed E-state index contributed by atoms with van der Waals surface area (Å²) in [6.45, 7) is 7.82. The summed E-state index contributed by atoms with van der Waals surface area (Å²) in [5.74, 6) is -0.378. The van der Waals surface area contributed by atoms with Crippen molar-refractivity contribution in [3.05, 3.63) is 82.2 Å². The van der Waals surface area contributed by atoms with E-state index in [4.69, 9.17) is 21.3 Å². The second-order valence-electron chi connectivity index (χ2n) is 9.40. The molecule has 0 radical (unpaired) electrons. The van der Waals surface area contributed by atoms with E-state index in [0.717, 1.165) is 66.8 Å². The second-order valence-corrected chi connectivity index (χ2v) is 9.86. The molecule has 0 bridgehead atoms. The van der Waals surface area contributed by atoms with Crippen molar-refractivity contribution in [2.45, 2.75) is 20.5 Å². The van der Waals surface area contributed by atoms with Crippen molar-refractivity contribution in [2.24, 2.45) is 0 Å². The van der Waals surface area contributed by atoms with E-state index in [9.17, 15) is 8.78 Å². The van der Waals surface area contributed by atoms with Crippen LogP contribution in [-0.4, -0.2) is 64.6 Å². The fourth-order valence-electron chi connectivity index (χ4n) is 4.37. The molecule has 0 aliphatic carbocycles. The van der Waals surface area contributed by atoms with Gasteiger partial charge in [0.25, 0.3) is 0 Å². The lowest BCUT2D eigenvalue weighted by molar-refractivity contribution is 0.200. The number of allylic oxidation sites excluding steroid dienone is 2. The fourth-order valence-corrected chi connectivity index (χ4v) is 4.60. The summed E-state index contributed by atoms with van der Waals surface area (Å²) < 4.78 is 32.8. The molecule has 0 aromatic carbocycles. The van der Waals surface area contributed by atoms with Gasteiger partial charge >= 0.3 is 0 Å². The third-order valence-electron chi connectivity index (χ3n) is 6.64. The maximum absolute atomic E-state index is 14.0. The van der Waals surface area contributed by atoms with Gasteiger partial charge in [0.1, 0.15) is 23.9 Å². The van der Waals surface area contributed by atoms with Crippen molar-refractivity contribution >= 4 is 23.2 Å². The third kappa shape index (κ3) is 5.61. The van der Waals surface area contributed by atoms with Crippen LogP contribution in [0.25, 0.3) is 11.4 Å². The minimum absolute atomic E-state index is 0.00673. The molecule has 198 valence electrons. The number of hydrogen-bond acceptors (Lipinski definition) is 8. The Hall–Kier alpha value is -3.63. The van der Waals surface area contributed by atoms with Gasteiger partial charge in [0.2, 0.25) is 5.95 Å². The zero-order valence-corrected chi connectivity index (χ0v) is 22.2. The minimum Gasteiger partial charge on any atom is -0.486 e. The van der Waals surface area contributed by atoms with Gasteiger partial charge in [-0.15, -0.1) is 0 Å². The Labute approximate surface area is 225 Å². The number of rotatable bonds is 6. The molecule has 0 amide bonds. The predicted molar refractivity (Wildman–Crippen MR) is 143 cm³/mol. The quantitative estimate of drug-likeness (QED) is 0.448. The first-order chi connectivity index (χ1) is 18.3. The first-order valence-corrected chi connectivity index (χ1v) is 12.7. The molecule has 0 saturated carbocycles. The van der Waals surface area contributed by atoms with Gasteiger partial charge in [0.05, 0.1) is 29.2 Å². The smallest absolute Gasteiger partial charge is 0.225 e. The van der Waals surface area contributed by atoms with E-state index in [-0.39, 0.29) is 12.3 Å². The summed E-state index contributed by atoms with van der Waals surface area (Å²) in [6, 6.07) is 4.64. The highest BCUT2D eigenvalue weighted by Crippen LogP contribution is 2.33. The van der Waals surface area contributed by atoms with E-state index < -0.39 is 11.6 Å². The van der Waals surface area contributed by atoms with E-state index in [1.807, 2.05) is 32.2 Å². The molecule has 8 nitrogen and oxygen atoms in total. The van der Waals surface area contributed by atoms with E-state index in [1.165, 1.54) is 0 Å². The minimum atomic E-state index is -0.764. The van der Waals surface area contributed by atoms with Crippen LogP contribution in [0.5, 0.6) is 0 Å². The number of likely N-dealkylation sites (N-methyl/N-ethyl adjacent to an activating group) is 1. The summed E-state index contributed by atoms with van der Waals surface area (Å²) in [6.07, 6.45) is 6.34. The highest BCUT2D eigenvalue weighted by Gasteiger charge is 2.23. The Morgan fingerprint density at radius 1 is 1.00 bits per heavy atom. The van der Waals surface area contributed by atoms with Crippen molar-refractivity contribution < 1.29 is 13.5 Å². The summed E-state index contributed by atoms with van der Waals surface area (Å²) in [7, 11) is 2.11. The predicted octanol–water partition coefficient (Wildman–Crippen LogP) is 4.66. The Balaban J connectivity index is 1.35. The molecule has 3 aromatic rings. The number of hydrogen-bond donors (Lipinski definition) is 0. The van der Waals surface area contributed by atoms with Gasteiger partial charge < -0.3 is 19.4 Å². The molecule has 38 heavy (non-hydrogen) atoms. The van der Waals surface area contributed by atoms with Crippen LogP contribution in [0.3, 0.4) is 0 Å². The van der Waals surface area contributed by atoms with E-state index in [2.05, 4.69) is 36.7 Å². The molecular weight excluding hydrogens is 512 g/mol. The molecule has 0 N–H and O–H groups in total. The lowest BCUT2D eigenvalue weighted by Gasteiger charge is -2.32. The normalized spacial score (nSPS) is 16.6. The maximum atomic E-state index is 14.0. The summed E-state index contributed by atoms with van der Waals surface area (Å²) in [5, 5.41) is 0.454. The highest BCUT2D eigenvalue weighted by molar-refractivity contribution is 6.30. The van der Waals surface area contributed by atoms with Crippen LogP contribution in [0.1, 0.15) is 18.2 Å². The van der Waals surface area contributed by atoms with Crippen molar-refractivity contribution in [1.29, 1.82) is 0 Å². The molecule has 11 heteroatoms. The standard InChI is InChI=1S/C27H28ClF2N7O/c1-17-13-32-23(22-4-5-31-27(34-22)36-8-6-35(3)7-9-36)12-25(17)37-15-20(28)26(10-18(37)2)38-16-24-21(30)11-19(29)14-33-24/h4-5,10-14H,6-9,15-16H2,1-3H3. The van der Waals surface area contributed by atoms with Crippen LogP contribution in [0, 0.1) is 18.6 Å². The van der Waals surface area contributed by atoms with Gasteiger partial charge in [0, 0.05) is 62.1 Å². The topological polar surface area (TPSA) is 70.5 Å². The third-order valence-corrected chi connectivity index (χ3v) is 6.94. The van der Waals surface area contributed by atoms with Crippen molar-refractivity contribution in [1.82, 2.24) is 24.8 Å². The first-order valence-electron chi connectivity index (χ1n) is 12.3. The number of aromatic nitrogens is 4. The van der Waals surface area contributed by atoms with Gasteiger partial charge in [0.15, 0.2) is 5.82 Å². The SMILES string of the molecule is CC1=CC(OCc2ncc(F)cc2F)=C(Cl)CN1c1cc(-c2ccnc(N3CCN(C)CC3)n2)ncc1C. The summed E-state index contributed by atoms with van der Waals surface area (Å²) in [5.41, 5.74) is 4.28. The van der Waals surface area contributed by atoms with Crippen LogP contribution in [0.2, 0.25) is 0 Å². The van der Waals surface area contributed by atoms with Crippen molar-refractivity contribution in [3.8, 4) is 11.4 Å². The molecule has 2 aliphatic rings. The second kappa shape index (κ2) is 11.0. The highest BCUT2D eigenvalue weighted by atomic mass is 35.5. The van der Waals surface area contributed by atoms with E-state index in [1.54, 1.807) is 12.3 Å². The molecule has 5 heterocycles. The van der Waals surface area contributed by atoms with Gasteiger partial charge in [-0.1, -0.05) is 11.6 Å². The molecule has 5 rings (SSSR count). The lowest BCUT2D eigenvalue weighted by atomic mass is 10.1. The molecule has 1 saturated heterocycles. The van der Waals surface area contributed by atoms with Crippen LogP contribution >= 0.6 is 11.6 Å². The molecule has 2 aliphatic heterocycles. The average Bonchev–Trinajstić information content (AvgIpc) is 2.91. The molecule has 1 fully saturated rings. The molecule has 0 spiro atoms. The Morgan fingerprint density at radius 2 is 1.79 bits per heavy atom. The van der Waals surface area contributed by atoms with Crippen LogP contribution in [0.15, 0.2) is 59.4 Å².